The average Bonchev–Trinajstić information content (AvgIpc) is 2.63. The summed E-state index contributed by atoms with van der Waals surface area (Å²) in [6.07, 6.45) is 0. The lowest BCUT2D eigenvalue weighted by atomic mass is 10.1. The van der Waals surface area contributed by atoms with E-state index in [-0.39, 0.29) is 0 Å². The Hall–Kier alpha value is -1.54. The van der Waals surface area contributed by atoms with Crippen molar-refractivity contribution in [2.24, 2.45) is 0 Å². The predicted octanol–water partition coefficient (Wildman–Crippen LogP) is 4.25. The number of nitrogens with zero attached hydrogens (tertiary/aromatic N) is 1. The van der Waals surface area contributed by atoms with Crippen molar-refractivity contribution in [3.63, 3.8) is 0 Å². The van der Waals surface area contributed by atoms with Crippen molar-refractivity contribution in [2.45, 2.75) is 13.8 Å². The second-order valence-electron chi connectivity index (χ2n) is 3.97. The maximum absolute atomic E-state index is 6.15. The molecular formula is C13H10ClNO. The molecule has 0 amide bonds. The first-order valence-corrected chi connectivity index (χ1v) is 5.49. The molecule has 0 atom stereocenters. The molecule has 0 unspecified atom stereocenters. The number of hydrogen-bond acceptors (Lipinski definition) is 2. The molecule has 0 aliphatic heterocycles. The fourth-order valence-corrected chi connectivity index (χ4v) is 2.24. The number of fused-ring (bicyclic) bond motifs is 3. The van der Waals surface area contributed by atoms with Gasteiger partial charge in [-0.1, -0.05) is 23.7 Å². The Balaban J connectivity index is 2.63. The van der Waals surface area contributed by atoms with E-state index in [4.69, 9.17) is 16.0 Å². The first-order chi connectivity index (χ1) is 7.66. The summed E-state index contributed by atoms with van der Waals surface area (Å²) in [4.78, 5) is 4.42. The van der Waals surface area contributed by atoms with E-state index in [1.165, 1.54) is 0 Å². The highest BCUT2D eigenvalue weighted by molar-refractivity contribution is 6.35. The largest absolute Gasteiger partial charge is 0.461 e. The van der Waals surface area contributed by atoms with E-state index in [9.17, 15) is 0 Å². The third-order valence-electron chi connectivity index (χ3n) is 2.77. The van der Waals surface area contributed by atoms with Gasteiger partial charge in [-0.05, 0) is 31.5 Å². The van der Waals surface area contributed by atoms with Gasteiger partial charge in [-0.2, -0.15) is 0 Å². The molecule has 3 rings (SSSR count). The molecule has 0 aliphatic rings. The molecule has 1 aromatic carbocycles. The molecule has 0 fully saturated rings. The molecule has 2 nitrogen and oxygen atoms in total. The number of hydrogen-bond donors (Lipinski definition) is 0. The molecule has 0 aliphatic carbocycles. The van der Waals surface area contributed by atoms with Gasteiger partial charge in [0.2, 0.25) is 0 Å². The van der Waals surface area contributed by atoms with Gasteiger partial charge < -0.3 is 4.42 Å². The third-order valence-corrected chi connectivity index (χ3v) is 3.06. The van der Waals surface area contributed by atoms with Crippen LogP contribution in [0, 0.1) is 13.8 Å². The van der Waals surface area contributed by atoms with E-state index >= 15 is 0 Å². The zero-order chi connectivity index (χ0) is 11.3. The van der Waals surface area contributed by atoms with Crippen LogP contribution in [0.25, 0.3) is 21.9 Å². The van der Waals surface area contributed by atoms with Crippen molar-refractivity contribution >= 4 is 33.5 Å². The highest BCUT2D eigenvalue weighted by Gasteiger charge is 2.11. The predicted molar refractivity (Wildman–Crippen MR) is 66.0 cm³/mol. The highest BCUT2D eigenvalue weighted by Crippen LogP contribution is 2.32. The van der Waals surface area contributed by atoms with Crippen LogP contribution in [-0.4, -0.2) is 4.98 Å². The minimum Gasteiger partial charge on any atom is -0.461 e. The number of pyridine rings is 1. The van der Waals surface area contributed by atoms with Gasteiger partial charge in [0.25, 0.3) is 0 Å². The highest BCUT2D eigenvalue weighted by atomic mass is 35.5. The van der Waals surface area contributed by atoms with Gasteiger partial charge in [-0.15, -0.1) is 0 Å². The molecule has 0 saturated carbocycles. The number of furan rings is 1. The molecule has 0 bridgehead atoms. The average molecular weight is 232 g/mol. The normalized spacial score (nSPS) is 11.4. The van der Waals surface area contributed by atoms with E-state index in [2.05, 4.69) is 4.98 Å². The Morgan fingerprint density at radius 3 is 2.81 bits per heavy atom. The van der Waals surface area contributed by atoms with Crippen LogP contribution in [0.4, 0.5) is 0 Å². The van der Waals surface area contributed by atoms with Crippen molar-refractivity contribution in [3.05, 3.63) is 40.7 Å². The summed E-state index contributed by atoms with van der Waals surface area (Å²) in [5, 5.41) is 2.42. The summed E-state index contributed by atoms with van der Waals surface area (Å²) in [6.45, 7) is 3.94. The standard InChI is InChI=1S/C13H10ClNO/c1-7-4-3-5-9-11(7)15-13(14)10-6-8(2)16-12(9)10/h3-6H,1-2H3. The van der Waals surface area contributed by atoms with Gasteiger partial charge in [0.15, 0.2) is 0 Å². The fourth-order valence-electron chi connectivity index (χ4n) is 2.02. The van der Waals surface area contributed by atoms with Gasteiger partial charge in [-0.25, -0.2) is 4.98 Å². The summed E-state index contributed by atoms with van der Waals surface area (Å²) >= 11 is 6.15. The molecule has 16 heavy (non-hydrogen) atoms. The third kappa shape index (κ3) is 1.23. The minimum absolute atomic E-state index is 0.508. The number of rotatable bonds is 0. The minimum atomic E-state index is 0.508. The molecule has 0 N–H and O–H groups in total. The second kappa shape index (κ2) is 3.22. The molecule has 2 aromatic heterocycles. The Bertz CT molecular complexity index is 700. The molecule has 3 aromatic rings. The molecule has 0 radical (unpaired) electrons. The van der Waals surface area contributed by atoms with E-state index in [0.29, 0.717) is 5.15 Å². The van der Waals surface area contributed by atoms with Crippen LogP contribution < -0.4 is 0 Å². The maximum atomic E-state index is 6.15. The second-order valence-corrected chi connectivity index (χ2v) is 4.33. The van der Waals surface area contributed by atoms with E-state index in [0.717, 1.165) is 33.2 Å². The van der Waals surface area contributed by atoms with Gasteiger partial charge in [0.05, 0.1) is 10.9 Å². The monoisotopic (exact) mass is 231 g/mol. The summed E-state index contributed by atoms with van der Waals surface area (Å²) in [7, 11) is 0. The van der Waals surface area contributed by atoms with Gasteiger partial charge in [0.1, 0.15) is 16.5 Å². The topological polar surface area (TPSA) is 26.0 Å². The van der Waals surface area contributed by atoms with Crippen molar-refractivity contribution < 1.29 is 4.42 Å². The van der Waals surface area contributed by atoms with Crippen LogP contribution in [0.1, 0.15) is 11.3 Å². The Morgan fingerprint density at radius 2 is 2.00 bits per heavy atom. The van der Waals surface area contributed by atoms with Crippen LogP contribution in [0.15, 0.2) is 28.7 Å². The zero-order valence-electron chi connectivity index (χ0n) is 9.04. The summed E-state index contributed by atoms with van der Waals surface area (Å²) in [5.74, 6) is 0.854. The number of halogens is 1. The van der Waals surface area contributed by atoms with E-state index in [1.54, 1.807) is 0 Å². The molecular weight excluding hydrogens is 222 g/mol. The van der Waals surface area contributed by atoms with Crippen molar-refractivity contribution in [1.82, 2.24) is 4.98 Å². The Labute approximate surface area is 97.8 Å². The molecule has 0 saturated heterocycles. The van der Waals surface area contributed by atoms with Crippen LogP contribution >= 0.6 is 11.6 Å². The van der Waals surface area contributed by atoms with Gasteiger partial charge >= 0.3 is 0 Å². The van der Waals surface area contributed by atoms with Crippen molar-refractivity contribution in [2.75, 3.05) is 0 Å². The quantitative estimate of drug-likeness (QED) is 0.541. The first-order valence-electron chi connectivity index (χ1n) is 5.12. The maximum Gasteiger partial charge on any atom is 0.146 e. The molecule has 80 valence electrons. The number of para-hydroxylation sites is 1. The lowest BCUT2D eigenvalue weighted by Gasteiger charge is -2.02. The summed E-state index contributed by atoms with van der Waals surface area (Å²) in [6, 6.07) is 7.96. The zero-order valence-corrected chi connectivity index (χ0v) is 9.80. The number of benzene rings is 1. The van der Waals surface area contributed by atoms with Crippen molar-refractivity contribution in [3.8, 4) is 0 Å². The van der Waals surface area contributed by atoms with Crippen LogP contribution in [0.3, 0.4) is 0 Å². The Morgan fingerprint density at radius 1 is 1.19 bits per heavy atom. The van der Waals surface area contributed by atoms with Crippen LogP contribution in [0.2, 0.25) is 5.15 Å². The molecule has 0 spiro atoms. The van der Waals surface area contributed by atoms with Gasteiger partial charge in [-0.3, -0.25) is 0 Å². The molecule has 2 heterocycles. The smallest absolute Gasteiger partial charge is 0.146 e. The molecule has 3 heteroatoms. The lowest BCUT2D eigenvalue weighted by Crippen LogP contribution is -1.84. The van der Waals surface area contributed by atoms with E-state index < -0.39 is 0 Å². The lowest BCUT2D eigenvalue weighted by molar-refractivity contribution is 0.581. The number of aryl methyl sites for hydroxylation is 2. The van der Waals surface area contributed by atoms with Crippen LogP contribution in [0.5, 0.6) is 0 Å². The SMILES string of the molecule is Cc1cc2c(Cl)nc3c(C)cccc3c2o1. The first kappa shape index (κ1) is 9.67. The van der Waals surface area contributed by atoms with E-state index in [1.807, 2.05) is 38.1 Å². The van der Waals surface area contributed by atoms with Crippen molar-refractivity contribution in [1.29, 1.82) is 0 Å². The Kier molecular flexibility index (Phi) is 1.95. The summed E-state index contributed by atoms with van der Waals surface area (Å²) in [5.41, 5.74) is 2.85. The number of aromatic nitrogens is 1. The van der Waals surface area contributed by atoms with Crippen LogP contribution in [-0.2, 0) is 0 Å². The fraction of sp³-hybridized carbons (Fsp3) is 0.154. The summed E-state index contributed by atoms with van der Waals surface area (Å²) < 4.78 is 5.69. The van der Waals surface area contributed by atoms with Gasteiger partial charge in [0, 0.05) is 5.39 Å².